The van der Waals surface area contributed by atoms with Gasteiger partial charge in [0.15, 0.2) is 0 Å². The number of unbranched alkanes of at least 4 members (excludes halogenated alkanes) is 1. The van der Waals surface area contributed by atoms with Crippen molar-refractivity contribution >= 4 is 0 Å². The zero-order valence-electron chi connectivity index (χ0n) is 16.5. The van der Waals surface area contributed by atoms with Crippen LogP contribution in [0, 0.1) is 0 Å². The van der Waals surface area contributed by atoms with Crippen LogP contribution in [0.4, 0.5) is 0 Å². The third-order valence-electron chi connectivity index (χ3n) is 5.43. The van der Waals surface area contributed by atoms with Crippen molar-refractivity contribution in [3.05, 3.63) is 88.8 Å². The Balaban J connectivity index is 1.35. The van der Waals surface area contributed by atoms with Gasteiger partial charge in [0.2, 0.25) is 0 Å². The Morgan fingerprint density at radius 1 is 1.00 bits per heavy atom. The van der Waals surface area contributed by atoms with Gasteiger partial charge in [-0.15, -0.1) is 0 Å². The van der Waals surface area contributed by atoms with E-state index in [1.54, 1.807) is 16.9 Å². The number of hydrogen-bond donors (Lipinski definition) is 1. The van der Waals surface area contributed by atoms with Gasteiger partial charge in [0.25, 0.3) is 5.56 Å². The van der Waals surface area contributed by atoms with Crippen LogP contribution in [-0.4, -0.2) is 29.0 Å². The molecule has 0 aliphatic carbocycles. The predicted octanol–water partition coefficient (Wildman–Crippen LogP) is 3.81. The van der Waals surface area contributed by atoms with E-state index < -0.39 is 0 Å². The summed E-state index contributed by atoms with van der Waals surface area (Å²) in [6.07, 6.45) is 4.71. The number of aryl methyl sites for hydroxylation is 1. The monoisotopic (exact) mass is 389 g/mol. The van der Waals surface area contributed by atoms with Gasteiger partial charge in [-0.1, -0.05) is 60.7 Å². The van der Waals surface area contributed by atoms with Crippen LogP contribution in [0.5, 0.6) is 0 Å². The van der Waals surface area contributed by atoms with Gasteiger partial charge >= 0.3 is 0 Å². The maximum atomic E-state index is 12.8. The Kier molecular flexibility index (Phi) is 6.49. The smallest absolute Gasteiger partial charge is 0.274 e. The molecule has 1 aliphatic rings. The molecule has 1 N–H and O–H groups in total. The molecule has 2 unspecified atom stereocenters. The van der Waals surface area contributed by atoms with E-state index in [0.29, 0.717) is 12.1 Å². The summed E-state index contributed by atoms with van der Waals surface area (Å²) in [5.41, 5.74) is 2.87. The molecule has 0 amide bonds. The molecule has 2 atom stereocenters. The molecule has 1 fully saturated rings. The van der Waals surface area contributed by atoms with Crippen LogP contribution < -0.4 is 10.9 Å². The minimum atomic E-state index is -0.0311. The zero-order valence-corrected chi connectivity index (χ0v) is 16.5. The van der Waals surface area contributed by atoms with Crippen molar-refractivity contribution < 1.29 is 4.74 Å². The van der Waals surface area contributed by atoms with Crippen molar-refractivity contribution in [2.24, 2.45) is 0 Å². The molecule has 0 spiro atoms. The minimum Gasteiger partial charge on any atom is -0.375 e. The van der Waals surface area contributed by atoms with Crippen molar-refractivity contribution in [1.29, 1.82) is 0 Å². The largest absolute Gasteiger partial charge is 0.375 e. The summed E-state index contributed by atoms with van der Waals surface area (Å²) in [6, 6.07) is 22.3. The second-order valence-corrected chi connectivity index (χ2v) is 7.39. The number of ether oxygens (including phenoxy) is 1. The van der Waals surface area contributed by atoms with Crippen LogP contribution in [0.25, 0.3) is 11.1 Å². The Labute approximate surface area is 171 Å². The van der Waals surface area contributed by atoms with Crippen LogP contribution in [0.3, 0.4) is 0 Å². The predicted molar refractivity (Wildman–Crippen MR) is 115 cm³/mol. The topological polar surface area (TPSA) is 56.2 Å². The van der Waals surface area contributed by atoms with E-state index in [9.17, 15) is 4.79 Å². The summed E-state index contributed by atoms with van der Waals surface area (Å²) in [7, 11) is 0. The summed E-state index contributed by atoms with van der Waals surface area (Å²) in [4.78, 5) is 12.8. The SMILES string of the molecule is O=c1c(-c2ccccc2)ccnn1CCCCC1OCCNC1c1ccccc1. The molecule has 4 rings (SSSR count). The lowest BCUT2D eigenvalue weighted by Gasteiger charge is -2.33. The highest BCUT2D eigenvalue weighted by Gasteiger charge is 2.26. The Bertz CT molecular complexity index is 957. The van der Waals surface area contributed by atoms with Gasteiger partial charge in [-0.2, -0.15) is 5.10 Å². The molecule has 2 heterocycles. The van der Waals surface area contributed by atoms with Crippen LogP contribution in [-0.2, 0) is 11.3 Å². The van der Waals surface area contributed by atoms with Crippen LogP contribution in [0.1, 0.15) is 30.9 Å². The van der Waals surface area contributed by atoms with Gasteiger partial charge in [0, 0.05) is 19.3 Å². The van der Waals surface area contributed by atoms with Crippen molar-refractivity contribution in [3.8, 4) is 11.1 Å². The lowest BCUT2D eigenvalue weighted by molar-refractivity contribution is -0.0108. The molecule has 2 aromatic carbocycles. The first kappa shape index (κ1) is 19.6. The lowest BCUT2D eigenvalue weighted by atomic mass is 9.96. The zero-order chi connectivity index (χ0) is 19.9. The number of benzene rings is 2. The summed E-state index contributed by atoms with van der Waals surface area (Å²) in [5, 5.41) is 7.86. The molecule has 5 nitrogen and oxygen atoms in total. The fourth-order valence-electron chi connectivity index (χ4n) is 3.95. The second-order valence-electron chi connectivity index (χ2n) is 7.39. The van der Waals surface area contributed by atoms with E-state index in [2.05, 4.69) is 34.7 Å². The lowest BCUT2D eigenvalue weighted by Crippen LogP contribution is -2.41. The Hall–Kier alpha value is -2.76. The normalized spacial score (nSPS) is 19.2. The van der Waals surface area contributed by atoms with Crippen molar-refractivity contribution in [3.63, 3.8) is 0 Å². The molecule has 0 saturated carbocycles. The minimum absolute atomic E-state index is 0.0311. The highest BCUT2D eigenvalue weighted by Crippen LogP contribution is 2.25. The third-order valence-corrected chi connectivity index (χ3v) is 5.43. The van der Waals surface area contributed by atoms with Crippen molar-refractivity contribution in [1.82, 2.24) is 15.1 Å². The van der Waals surface area contributed by atoms with Gasteiger partial charge < -0.3 is 10.1 Å². The third kappa shape index (κ3) is 4.81. The van der Waals surface area contributed by atoms with E-state index in [0.717, 1.165) is 38.0 Å². The van der Waals surface area contributed by atoms with Crippen LogP contribution >= 0.6 is 0 Å². The number of nitrogens with one attached hydrogen (secondary N) is 1. The molecular formula is C24H27N3O2. The Morgan fingerprint density at radius 3 is 2.55 bits per heavy atom. The van der Waals surface area contributed by atoms with E-state index >= 15 is 0 Å². The summed E-state index contributed by atoms with van der Waals surface area (Å²) < 4.78 is 7.63. The summed E-state index contributed by atoms with van der Waals surface area (Å²) >= 11 is 0. The first-order valence-corrected chi connectivity index (χ1v) is 10.3. The molecule has 0 bridgehead atoms. The molecule has 0 radical (unpaired) electrons. The molecular weight excluding hydrogens is 362 g/mol. The fraction of sp³-hybridized carbons (Fsp3) is 0.333. The van der Waals surface area contributed by atoms with E-state index in [1.807, 2.05) is 36.4 Å². The Morgan fingerprint density at radius 2 is 1.76 bits per heavy atom. The van der Waals surface area contributed by atoms with E-state index in [-0.39, 0.29) is 17.7 Å². The van der Waals surface area contributed by atoms with E-state index in [4.69, 9.17) is 4.74 Å². The number of rotatable bonds is 7. The highest BCUT2D eigenvalue weighted by molar-refractivity contribution is 5.61. The molecule has 1 aromatic heterocycles. The maximum Gasteiger partial charge on any atom is 0.274 e. The average molecular weight is 389 g/mol. The van der Waals surface area contributed by atoms with Crippen LogP contribution in [0.2, 0.25) is 0 Å². The van der Waals surface area contributed by atoms with E-state index in [1.165, 1.54) is 5.56 Å². The average Bonchev–Trinajstić information content (AvgIpc) is 2.79. The van der Waals surface area contributed by atoms with Gasteiger partial charge in [-0.3, -0.25) is 4.79 Å². The molecule has 3 aromatic rings. The first-order valence-electron chi connectivity index (χ1n) is 10.3. The fourth-order valence-corrected chi connectivity index (χ4v) is 3.95. The standard InChI is InChI=1S/C24H27N3O2/c28-24-21(19-9-3-1-4-10-19)14-15-26-27(24)17-8-7-13-22-23(25-16-18-29-22)20-11-5-2-6-12-20/h1-6,9-12,14-15,22-23,25H,7-8,13,16-18H2. The van der Waals surface area contributed by atoms with Gasteiger partial charge in [-0.05, 0) is 36.5 Å². The number of nitrogens with zero attached hydrogens (tertiary/aromatic N) is 2. The van der Waals surface area contributed by atoms with Crippen molar-refractivity contribution in [2.75, 3.05) is 13.2 Å². The van der Waals surface area contributed by atoms with Gasteiger partial charge in [0.1, 0.15) is 0 Å². The first-order chi connectivity index (χ1) is 14.3. The van der Waals surface area contributed by atoms with Gasteiger partial charge in [-0.25, -0.2) is 4.68 Å². The molecule has 1 saturated heterocycles. The maximum absolute atomic E-state index is 12.8. The second kappa shape index (κ2) is 9.63. The van der Waals surface area contributed by atoms with Crippen molar-refractivity contribution in [2.45, 2.75) is 38.0 Å². The summed E-state index contributed by atoms with van der Waals surface area (Å²) in [6.45, 7) is 2.24. The number of hydrogen-bond acceptors (Lipinski definition) is 4. The number of aromatic nitrogens is 2. The van der Waals surface area contributed by atoms with Gasteiger partial charge in [0.05, 0.1) is 24.3 Å². The quantitative estimate of drug-likeness (QED) is 0.625. The molecule has 5 heteroatoms. The van der Waals surface area contributed by atoms with Crippen LogP contribution in [0.15, 0.2) is 77.7 Å². The highest BCUT2D eigenvalue weighted by atomic mass is 16.5. The number of morpholine rings is 1. The summed E-state index contributed by atoms with van der Waals surface area (Å²) in [5.74, 6) is 0. The molecule has 150 valence electrons. The molecule has 1 aliphatic heterocycles. The molecule has 29 heavy (non-hydrogen) atoms.